The van der Waals surface area contributed by atoms with E-state index < -0.39 is 0 Å². The first-order chi connectivity index (χ1) is 10.2. The number of carbonyl (C=O) groups is 1. The van der Waals surface area contributed by atoms with Crippen molar-refractivity contribution in [2.75, 3.05) is 44.5 Å². The Morgan fingerprint density at radius 2 is 2.24 bits per heavy atom. The van der Waals surface area contributed by atoms with Crippen LogP contribution in [-0.2, 0) is 9.47 Å². The van der Waals surface area contributed by atoms with E-state index in [0.29, 0.717) is 36.4 Å². The highest BCUT2D eigenvalue weighted by molar-refractivity contribution is 7.18. The average Bonchev–Trinajstić information content (AvgIpc) is 3.19. The third-order valence-electron chi connectivity index (χ3n) is 3.08. The van der Waals surface area contributed by atoms with E-state index in [2.05, 4.69) is 10.6 Å². The molecule has 2 rings (SSSR count). The maximum absolute atomic E-state index is 12.0. The van der Waals surface area contributed by atoms with Crippen molar-refractivity contribution in [1.29, 1.82) is 0 Å². The zero-order valence-electron chi connectivity index (χ0n) is 12.3. The first-order valence-corrected chi connectivity index (χ1v) is 8.03. The van der Waals surface area contributed by atoms with E-state index in [1.54, 1.807) is 7.11 Å². The molecule has 0 radical (unpaired) electrons. The molecule has 4 N–H and O–H groups in total. The summed E-state index contributed by atoms with van der Waals surface area (Å²) in [6.45, 7) is 2.71. The molecule has 0 aromatic carbocycles. The molecule has 0 unspecified atom stereocenters. The highest BCUT2D eigenvalue weighted by Gasteiger charge is 2.25. The van der Waals surface area contributed by atoms with E-state index in [-0.39, 0.29) is 5.91 Å². The lowest BCUT2D eigenvalue weighted by Crippen LogP contribution is -2.25. The number of methoxy groups -OCH3 is 1. The fourth-order valence-electron chi connectivity index (χ4n) is 1.78. The molecule has 1 aliphatic rings. The van der Waals surface area contributed by atoms with Crippen LogP contribution in [0.5, 0.6) is 0 Å². The van der Waals surface area contributed by atoms with Crippen LogP contribution in [0.3, 0.4) is 0 Å². The number of nitrogen functional groups attached to an aromatic ring is 1. The molecule has 118 valence electrons. The van der Waals surface area contributed by atoms with Crippen molar-refractivity contribution in [3.8, 4) is 0 Å². The van der Waals surface area contributed by atoms with Gasteiger partial charge >= 0.3 is 0 Å². The largest absolute Gasteiger partial charge is 0.397 e. The number of hydrogen-bond donors (Lipinski definition) is 3. The average molecular weight is 313 g/mol. The maximum Gasteiger partial charge on any atom is 0.263 e. The van der Waals surface area contributed by atoms with Gasteiger partial charge in [0.25, 0.3) is 5.91 Å². The summed E-state index contributed by atoms with van der Waals surface area (Å²) >= 11 is 1.40. The molecule has 1 aromatic rings. The van der Waals surface area contributed by atoms with Gasteiger partial charge in [-0.25, -0.2) is 0 Å². The Labute approximate surface area is 129 Å². The molecular weight excluding hydrogens is 290 g/mol. The summed E-state index contributed by atoms with van der Waals surface area (Å²) in [5.74, 6) is -0.0593. The molecule has 1 aromatic heterocycles. The van der Waals surface area contributed by atoms with Gasteiger partial charge in [-0.05, 0) is 25.3 Å². The van der Waals surface area contributed by atoms with E-state index in [9.17, 15) is 4.79 Å². The van der Waals surface area contributed by atoms with E-state index in [1.165, 1.54) is 11.3 Å². The molecule has 1 fully saturated rings. The molecule has 0 aliphatic heterocycles. The van der Waals surface area contributed by atoms with Crippen molar-refractivity contribution < 1.29 is 14.3 Å². The van der Waals surface area contributed by atoms with E-state index in [1.807, 2.05) is 6.07 Å². The van der Waals surface area contributed by atoms with Crippen LogP contribution >= 0.6 is 11.3 Å². The lowest BCUT2D eigenvalue weighted by Gasteiger charge is -2.04. The fourth-order valence-corrected chi connectivity index (χ4v) is 2.69. The second-order valence-corrected chi connectivity index (χ2v) is 6.08. The Morgan fingerprint density at radius 1 is 1.43 bits per heavy atom. The second-order valence-electron chi connectivity index (χ2n) is 5.03. The fraction of sp³-hybridized carbons (Fsp3) is 0.643. The van der Waals surface area contributed by atoms with Crippen molar-refractivity contribution in [3.05, 3.63) is 10.9 Å². The lowest BCUT2D eigenvalue weighted by molar-refractivity contribution is 0.0705. The third-order valence-corrected chi connectivity index (χ3v) is 4.18. The van der Waals surface area contributed by atoms with Gasteiger partial charge in [-0.3, -0.25) is 4.79 Å². The number of rotatable bonds is 10. The molecule has 6 nitrogen and oxygen atoms in total. The Bertz CT molecular complexity index is 460. The minimum absolute atomic E-state index is 0.0593. The molecule has 1 saturated carbocycles. The van der Waals surface area contributed by atoms with Crippen LogP contribution in [0, 0.1) is 0 Å². The van der Waals surface area contributed by atoms with E-state index in [4.69, 9.17) is 15.2 Å². The molecule has 1 aliphatic carbocycles. The predicted molar refractivity (Wildman–Crippen MR) is 85.0 cm³/mol. The minimum atomic E-state index is -0.0593. The zero-order chi connectivity index (χ0) is 15.1. The van der Waals surface area contributed by atoms with Gasteiger partial charge in [-0.15, -0.1) is 11.3 Å². The Kier molecular flexibility index (Phi) is 6.28. The van der Waals surface area contributed by atoms with Gasteiger partial charge in [0.1, 0.15) is 4.88 Å². The summed E-state index contributed by atoms with van der Waals surface area (Å²) in [7, 11) is 1.66. The van der Waals surface area contributed by atoms with Gasteiger partial charge < -0.3 is 25.8 Å². The highest BCUT2D eigenvalue weighted by Crippen LogP contribution is 2.30. The van der Waals surface area contributed by atoms with Crippen LogP contribution in [0.2, 0.25) is 0 Å². The normalized spacial score (nSPS) is 14.1. The molecule has 0 saturated heterocycles. The number of thiophene rings is 1. The summed E-state index contributed by atoms with van der Waals surface area (Å²) in [6.07, 6.45) is 3.04. The SMILES string of the molecule is COCCOCCCNc1cc(N)c(C(=O)NC2CC2)s1. The summed E-state index contributed by atoms with van der Waals surface area (Å²) in [6, 6.07) is 2.16. The number of carbonyl (C=O) groups excluding carboxylic acids is 1. The Balaban J connectivity index is 1.67. The second kappa shape index (κ2) is 8.21. The standard InChI is InChI=1S/C14H23N3O3S/c1-19-7-8-20-6-2-5-16-12-9-11(15)13(21-12)14(18)17-10-3-4-10/h9-10,16H,2-8,15H2,1H3,(H,17,18). The topological polar surface area (TPSA) is 85.6 Å². The highest BCUT2D eigenvalue weighted by atomic mass is 32.1. The van der Waals surface area contributed by atoms with Crippen LogP contribution in [-0.4, -0.2) is 45.4 Å². The quantitative estimate of drug-likeness (QED) is 0.572. The molecule has 1 heterocycles. The zero-order valence-corrected chi connectivity index (χ0v) is 13.1. The number of nitrogens with two attached hydrogens (primary N) is 1. The van der Waals surface area contributed by atoms with Gasteiger partial charge in [0.05, 0.1) is 23.9 Å². The smallest absolute Gasteiger partial charge is 0.263 e. The van der Waals surface area contributed by atoms with Gasteiger partial charge in [0.2, 0.25) is 0 Å². The first-order valence-electron chi connectivity index (χ1n) is 7.21. The summed E-state index contributed by atoms with van der Waals surface area (Å²) < 4.78 is 10.3. The van der Waals surface area contributed by atoms with Crippen molar-refractivity contribution in [3.63, 3.8) is 0 Å². The molecule has 1 amide bonds. The molecule has 7 heteroatoms. The van der Waals surface area contributed by atoms with Crippen molar-refractivity contribution >= 4 is 27.9 Å². The number of anilines is 2. The number of amides is 1. The molecular formula is C14H23N3O3S. The van der Waals surface area contributed by atoms with Gasteiger partial charge in [0, 0.05) is 26.3 Å². The molecule has 0 atom stereocenters. The van der Waals surface area contributed by atoms with E-state index in [0.717, 1.165) is 30.8 Å². The summed E-state index contributed by atoms with van der Waals surface area (Å²) in [4.78, 5) is 12.6. The van der Waals surface area contributed by atoms with Gasteiger partial charge in [-0.1, -0.05) is 0 Å². The first kappa shape index (κ1) is 16.1. The van der Waals surface area contributed by atoms with Crippen molar-refractivity contribution in [2.24, 2.45) is 0 Å². The van der Waals surface area contributed by atoms with Gasteiger partial charge in [0.15, 0.2) is 0 Å². The number of nitrogens with one attached hydrogen (secondary N) is 2. The minimum Gasteiger partial charge on any atom is -0.397 e. The Morgan fingerprint density at radius 3 is 2.95 bits per heavy atom. The van der Waals surface area contributed by atoms with Crippen LogP contribution in [0.4, 0.5) is 10.7 Å². The van der Waals surface area contributed by atoms with Gasteiger partial charge in [-0.2, -0.15) is 0 Å². The lowest BCUT2D eigenvalue weighted by atomic mass is 10.3. The van der Waals surface area contributed by atoms with Crippen LogP contribution in [0.25, 0.3) is 0 Å². The summed E-state index contributed by atoms with van der Waals surface area (Å²) in [5, 5.41) is 7.14. The van der Waals surface area contributed by atoms with Crippen molar-refractivity contribution in [1.82, 2.24) is 5.32 Å². The molecule has 21 heavy (non-hydrogen) atoms. The van der Waals surface area contributed by atoms with Crippen molar-refractivity contribution in [2.45, 2.75) is 25.3 Å². The monoisotopic (exact) mass is 313 g/mol. The third kappa shape index (κ3) is 5.53. The molecule has 0 bridgehead atoms. The Hall–Kier alpha value is -1.31. The van der Waals surface area contributed by atoms with Crippen LogP contribution < -0.4 is 16.4 Å². The predicted octanol–water partition coefficient (Wildman–Crippen LogP) is 1.69. The molecule has 0 spiro atoms. The van der Waals surface area contributed by atoms with E-state index >= 15 is 0 Å². The van der Waals surface area contributed by atoms with Crippen LogP contribution in [0.15, 0.2) is 6.07 Å². The number of hydrogen-bond acceptors (Lipinski definition) is 6. The maximum atomic E-state index is 12.0. The van der Waals surface area contributed by atoms with Crippen LogP contribution in [0.1, 0.15) is 28.9 Å². The summed E-state index contributed by atoms with van der Waals surface area (Å²) in [5.41, 5.74) is 6.43. The number of ether oxygens (including phenoxy) is 2.